The van der Waals surface area contributed by atoms with Crippen molar-refractivity contribution in [1.29, 1.82) is 0 Å². The minimum atomic E-state index is -0.512. The number of nitrogens with two attached hydrogens (primary N) is 1. The molecule has 1 saturated carbocycles. The van der Waals surface area contributed by atoms with Crippen molar-refractivity contribution in [3.05, 3.63) is 22.2 Å². The van der Waals surface area contributed by atoms with Gasteiger partial charge >= 0.3 is 5.69 Å². The minimum absolute atomic E-state index is 0.0270. The zero-order valence-electron chi connectivity index (χ0n) is 11.0. The van der Waals surface area contributed by atoms with Gasteiger partial charge in [0, 0.05) is 12.1 Å². The molecule has 19 heavy (non-hydrogen) atoms. The van der Waals surface area contributed by atoms with Gasteiger partial charge < -0.3 is 11.1 Å². The number of anilines is 2. The van der Waals surface area contributed by atoms with Crippen molar-refractivity contribution in [2.45, 2.75) is 51.0 Å². The largest absolute Gasteiger partial charge is 0.378 e. The standard InChI is InChI=1S/C13H20N4O2/c14-13-11(17(18)19)8-9-12(16-13)15-10-6-4-2-1-3-5-7-10/h8-10H,1-7H2,(H3,14,15,16). The Balaban J connectivity index is 2.01. The zero-order valence-corrected chi connectivity index (χ0v) is 11.0. The Kier molecular flexibility index (Phi) is 4.54. The van der Waals surface area contributed by atoms with Crippen LogP contribution >= 0.6 is 0 Å². The van der Waals surface area contributed by atoms with E-state index in [-0.39, 0.29) is 11.5 Å². The van der Waals surface area contributed by atoms with E-state index in [0.717, 1.165) is 12.8 Å². The monoisotopic (exact) mass is 264 g/mol. The van der Waals surface area contributed by atoms with E-state index in [0.29, 0.717) is 11.9 Å². The predicted molar refractivity (Wildman–Crippen MR) is 75.0 cm³/mol. The van der Waals surface area contributed by atoms with Gasteiger partial charge in [-0.05, 0) is 18.9 Å². The Hall–Kier alpha value is -1.85. The highest BCUT2D eigenvalue weighted by Crippen LogP contribution is 2.24. The Bertz CT molecular complexity index is 442. The van der Waals surface area contributed by atoms with E-state index >= 15 is 0 Å². The molecule has 0 saturated heterocycles. The van der Waals surface area contributed by atoms with Gasteiger partial charge in [0.15, 0.2) is 0 Å². The van der Waals surface area contributed by atoms with E-state index in [2.05, 4.69) is 10.3 Å². The highest BCUT2D eigenvalue weighted by molar-refractivity contribution is 5.57. The number of hydrogen-bond donors (Lipinski definition) is 2. The van der Waals surface area contributed by atoms with Crippen LogP contribution in [0.4, 0.5) is 17.3 Å². The first-order valence-corrected chi connectivity index (χ1v) is 6.84. The average Bonchev–Trinajstić information content (AvgIpc) is 2.32. The molecular weight excluding hydrogens is 244 g/mol. The topological polar surface area (TPSA) is 94.1 Å². The molecule has 0 amide bonds. The summed E-state index contributed by atoms with van der Waals surface area (Å²) in [4.78, 5) is 14.2. The number of hydrogen-bond acceptors (Lipinski definition) is 5. The van der Waals surface area contributed by atoms with Gasteiger partial charge in [0.25, 0.3) is 0 Å². The van der Waals surface area contributed by atoms with Gasteiger partial charge in [0.2, 0.25) is 5.82 Å². The summed E-state index contributed by atoms with van der Waals surface area (Å²) in [5.74, 6) is 0.606. The SMILES string of the molecule is Nc1nc(NC2CCCCCCC2)ccc1[N+](=O)[O-]. The Morgan fingerprint density at radius 2 is 1.84 bits per heavy atom. The van der Waals surface area contributed by atoms with Gasteiger partial charge in [-0.3, -0.25) is 10.1 Å². The third-order valence-corrected chi connectivity index (χ3v) is 3.56. The first-order valence-electron chi connectivity index (χ1n) is 6.84. The van der Waals surface area contributed by atoms with E-state index in [1.54, 1.807) is 6.07 Å². The van der Waals surface area contributed by atoms with Crippen LogP contribution in [0.25, 0.3) is 0 Å². The number of nitrogens with one attached hydrogen (secondary N) is 1. The average molecular weight is 264 g/mol. The predicted octanol–water partition coefficient (Wildman–Crippen LogP) is 3.10. The molecule has 1 aromatic heterocycles. The summed E-state index contributed by atoms with van der Waals surface area (Å²) in [6, 6.07) is 3.44. The van der Waals surface area contributed by atoms with Gasteiger partial charge in [-0.25, -0.2) is 4.98 Å². The van der Waals surface area contributed by atoms with Gasteiger partial charge in [-0.15, -0.1) is 0 Å². The molecule has 6 nitrogen and oxygen atoms in total. The van der Waals surface area contributed by atoms with Crippen LogP contribution in [0.15, 0.2) is 12.1 Å². The number of rotatable bonds is 3. The summed E-state index contributed by atoms with van der Waals surface area (Å²) in [5, 5.41) is 14.0. The van der Waals surface area contributed by atoms with Crippen LogP contribution < -0.4 is 11.1 Å². The van der Waals surface area contributed by atoms with Gasteiger partial charge in [0.05, 0.1) is 4.92 Å². The molecule has 0 spiro atoms. The molecular formula is C13H20N4O2. The lowest BCUT2D eigenvalue weighted by molar-refractivity contribution is -0.384. The Labute approximate surface area is 112 Å². The molecule has 0 radical (unpaired) electrons. The second-order valence-corrected chi connectivity index (χ2v) is 5.04. The summed E-state index contributed by atoms with van der Waals surface area (Å²) < 4.78 is 0. The van der Waals surface area contributed by atoms with Crippen LogP contribution in [-0.2, 0) is 0 Å². The summed E-state index contributed by atoms with van der Waals surface area (Å²) in [6.45, 7) is 0. The fraction of sp³-hybridized carbons (Fsp3) is 0.615. The van der Waals surface area contributed by atoms with Crippen molar-refractivity contribution >= 4 is 17.3 Å². The summed E-state index contributed by atoms with van der Waals surface area (Å²) in [6.07, 6.45) is 8.59. The highest BCUT2D eigenvalue weighted by atomic mass is 16.6. The molecule has 1 aromatic rings. The highest BCUT2D eigenvalue weighted by Gasteiger charge is 2.15. The maximum atomic E-state index is 10.7. The number of nitrogens with zero attached hydrogens (tertiary/aromatic N) is 2. The Morgan fingerprint density at radius 1 is 1.21 bits per heavy atom. The van der Waals surface area contributed by atoms with Crippen LogP contribution in [0.1, 0.15) is 44.9 Å². The van der Waals surface area contributed by atoms with Crippen LogP contribution in [0, 0.1) is 10.1 Å². The molecule has 104 valence electrons. The normalized spacial score (nSPS) is 17.5. The third-order valence-electron chi connectivity index (χ3n) is 3.56. The molecule has 2 rings (SSSR count). The van der Waals surface area contributed by atoms with Crippen LogP contribution in [0.3, 0.4) is 0 Å². The second kappa shape index (κ2) is 6.36. The molecule has 1 aliphatic carbocycles. The lowest BCUT2D eigenvalue weighted by atomic mass is 9.97. The van der Waals surface area contributed by atoms with E-state index in [9.17, 15) is 10.1 Å². The smallest absolute Gasteiger partial charge is 0.311 e. The van der Waals surface area contributed by atoms with E-state index in [1.807, 2.05) is 0 Å². The van der Waals surface area contributed by atoms with Crippen molar-refractivity contribution in [2.24, 2.45) is 0 Å². The van der Waals surface area contributed by atoms with Gasteiger partial charge in [-0.1, -0.05) is 32.1 Å². The molecule has 6 heteroatoms. The number of nitrogen functional groups attached to an aromatic ring is 1. The molecule has 0 aromatic carbocycles. The molecule has 0 unspecified atom stereocenters. The van der Waals surface area contributed by atoms with Gasteiger partial charge in [0.1, 0.15) is 5.82 Å². The van der Waals surface area contributed by atoms with Crippen LogP contribution in [-0.4, -0.2) is 15.9 Å². The molecule has 0 atom stereocenters. The van der Waals surface area contributed by atoms with Crippen molar-refractivity contribution in [2.75, 3.05) is 11.1 Å². The lowest BCUT2D eigenvalue weighted by Crippen LogP contribution is -2.21. The Morgan fingerprint density at radius 3 is 2.42 bits per heavy atom. The number of nitro groups is 1. The van der Waals surface area contributed by atoms with Crippen molar-refractivity contribution in [3.63, 3.8) is 0 Å². The van der Waals surface area contributed by atoms with Crippen LogP contribution in [0.5, 0.6) is 0 Å². The third kappa shape index (κ3) is 3.81. The van der Waals surface area contributed by atoms with Crippen molar-refractivity contribution in [3.8, 4) is 0 Å². The summed E-state index contributed by atoms with van der Waals surface area (Å²) in [7, 11) is 0. The zero-order chi connectivity index (χ0) is 13.7. The fourth-order valence-corrected chi connectivity index (χ4v) is 2.51. The maximum absolute atomic E-state index is 10.7. The first kappa shape index (κ1) is 13.6. The quantitative estimate of drug-likeness (QED) is 0.646. The molecule has 3 N–H and O–H groups in total. The lowest BCUT2D eigenvalue weighted by Gasteiger charge is -2.21. The number of pyridine rings is 1. The molecule has 1 aliphatic rings. The first-order chi connectivity index (χ1) is 9.16. The van der Waals surface area contributed by atoms with Crippen molar-refractivity contribution in [1.82, 2.24) is 4.98 Å². The van der Waals surface area contributed by atoms with E-state index < -0.39 is 4.92 Å². The van der Waals surface area contributed by atoms with Gasteiger partial charge in [-0.2, -0.15) is 0 Å². The van der Waals surface area contributed by atoms with Crippen molar-refractivity contribution < 1.29 is 4.92 Å². The molecule has 0 bridgehead atoms. The molecule has 1 heterocycles. The molecule has 0 aliphatic heterocycles. The van der Waals surface area contributed by atoms with Crippen LogP contribution in [0.2, 0.25) is 0 Å². The molecule has 1 fully saturated rings. The van der Waals surface area contributed by atoms with E-state index in [1.165, 1.54) is 38.2 Å². The summed E-state index contributed by atoms with van der Waals surface area (Å²) in [5.41, 5.74) is 5.45. The fourth-order valence-electron chi connectivity index (χ4n) is 2.51. The minimum Gasteiger partial charge on any atom is -0.378 e. The van der Waals surface area contributed by atoms with E-state index in [4.69, 9.17) is 5.73 Å². The number of aromatic nitrogens is 1. The maximum Gasteiger partial charge on any atom is 0.311 e. The summed E-state index contributed by atoms with van der Waals surface area (Å²) >= 11 is 0. The second-order valence-electron chi connectivity index (χ2n) is 5.04.